The van der Waals surface area contributed by atoms with Gasteiger partial charge in [0.05, 0.1) is 12.5 Å². The van der Waals surface area contributed by atoms with E-state index in [2.05, 4.69) is 11.4 Å². The third kappa shape index (κ3) is 4.21. The zero-order chi connectivity index (χ0) is 17.7. The standard InChI is InChI=1S/C18H20N2O5/c19-12-18(5-1-2-6-18)20-16(21)11-25-17(22)10-13-3-4-14-15(9-13)24-8-7-23-14/h3-4,9H,1-2,5-8,10-11H2,(H,20,21). The van der Waals surface area contributed by atoms with Crippen molar-refractivity contribution in [1.29, 1.82) is 5.26 Å². The number of carbonyl (C=O) groups excluding carboxylic acids is 2. The number of nitrogens with zero attached hydrogens (tertiary/aromatic N) is 1. The van der Waals surface area contributed by atoms with Gasteiger partial charge in [-0.3, -0.25) is 9.59 Å². The van der Waals surface area contributed by atoms with E-state index in [0.29, 0.717) is 37.6 Å². The molecule has 1 heterocycles. The zero-order valence-electron chi connectivity index (χ0n) is 13.9. The van der Waals surface area contributed by atoms with Crippen LogP contribution in [0.3, 0.4) is 0 Å². The summed E-state index contributed by atoms with van der Waals surface area (Å²) < 4.78 is 15.9. The van der Waals surface area contributed by atoms with Crippen LogP contribution in [0.25, 0.3) is 0 Å². The van der Waals surface area contributed by atoms with Crippen LogP contribution in [-0.2, 0) is 20.7 Å². The number of hydrogen-bond donors (Lipinski definition) is 1. The first kappa shape index (κ1) is 17.1. The molecule has 1 saturated carbocycles. The molecule has 1 aliphatic heterocycles. The molecule has 1 fully saturated rings. The molecule has 0 saturated heterocycles. The molecule has 7 heteroatoms. The lowest BCUT2D eigenvalue weighted by molar-refractivity contribution is -0.148. The van der Waals surface area contributed by atoms with Crippen molar-refractivity contribution in [2.75, 3.05) is 19.8 Å². The van der Waals surface area contributed by atoms with Crippen molar-refractivity contribution in [2.24, 2.45) is 0 Å². The third-order valence-electron chi connectivity index (χ3n) is 4.37. The second-order valence-electron chi connectivity index (χ2n) is 6.26. The van der Waals surface area contributed by atoms with Crippen molar-refractivity contribution in [3.63, 3.8) is 0 Å². The molecule has 1 aromatic carbocycles. The number of fused-ring (bicyclic) bond motifs is 1. The van der Waals surface area contributed by atoms with Gasteiger partial charge in [0.1, 0.15) is 18.8 Å². The highest BCUT2D eigenvalue weighted by Crippen LogP contribution is 2.31. The molecule has 7 nitrogen and oxygen atoms in total. The van der Waals surface area contributed by atoms with E-state index in [9.17, 15) is 14.9 Å². The molecule has 0 radical (unpaired) electrons. The van der Waals surface area contributed by atoms with E-state index >= 15 is 0 Å². The summed E-state index contributed by atoms with van der Waals surface area (Å²) in [7, 11) is 0. The quantitative estimate of drug-likeness (QED) is 0.813. The van der Waals surface area contributed by atoms with Gasteiger partial charge in [0.25, 0.3) is 5.91 Å². The molecule has 1 N–H and O–H groups in total. The fraction of sp³-hybridized carbons (Fsp3) is 0.500. The van der Waals surface area contributed by atoms with Gasteiger partial charge < -0.3 is 19.5 Å². The van der Waals surface area contributed by atoms with Crippen LogP contribution in [0.15, 0.2) is 18.2 Å². The summed E-state index contributed by atoms with van der Waals surface area (Å²) in [6.07, 6.45) is 3.14. The van der Waals surface area contributed by atoms with Gasteiger partial charge in [-0.25, -0.2) is 0 Å². The van der Waals surface area contributed by atoms with E-state index in [4.69, 9.17) is 14.2 Å². The number of esters is 1. The molecule has 0 spiro atoms. The second kappa shape index (κ2) is 7.43. The van der Waals surface area contributed by atoms with Crippen molar-refractivity contribution >= 4 is 11.9 Å². The second-order valence-corrected chi connectivity index (χ2v) is 6.26. The topological polar surface area (TPSA) is 97.7 Å². The Bertz CT molecular complexity index is 704. The number of hydrogen-bond acceptors (Lipinski definition) is 6. The minimum absolute atomic E-state index is 0.0350. The van der Waals surface area contributed by atoms with E-state index < -0.39 is 17.4 Å². The maximum absolute atomic E-state index is 11.9. The normalized spacial score (nSPS) is 17.4. The lowest BCUT2D eigenvalue weighted by atomic mass is 10.00. The highest BCUT2D eigenvalue weighted by Gasteiger charge is 2.35. The summed E-state index contributed by atoms with van der Waals surface area (Å²) in [5.74, 6) is 0.302. The largest absolute Gasteiger partial charge is 0.486 e. The molecule has 0 unspecified atom stereocenters. The summed E-state index contributed by atoms with van der Waals surface area (Å²) in [5, 5.41) is 11.9. The van der Waals surface area contributed by atoms with Gasteiger partial charge >= 0.3 is 5.97 Å². The molecule has 1 aromatic rings. The number of rotatable bonds is 5. The molecule has 1 amide bonds. The Morgan fingerprint density at radius 1 is 1.20 bits per heavy atom. The third-order valence-corrected chi connectivity index (χ3v) is 4.37. The van der Waals surface area contributed by atoms with E-state index in [1.54, 1.807) is 18.2 Å². The first-order valence-corrected chi connectivity index (χ1v) is 8.37. The van der Waals surface area contributed by atoms with Crippen molar-refractivity contribution in [2.45, 2.75) is 37.6 Å². The molecule has 1 aliphatic carbocycles. The minimum Gasteiger partial charge on any atom is -0.486 e. The Morgan fingerprint density at radius 3 is 2.64 bits per heavy atom. The first-order valence-electron chi connectivity index (χ1n) is 8.37. The average Bonchev–Trinajstić information content (AvgIpc) is 3.09. The molecular formula is C18H20N2O5. The van der Waals surface area contributed by atoms with E-state index in [1.165, 1.54) is 0 Å². The van der Waals surface area contributed by atoms with Crippen molar-refractivity contribution in [3.05, 3.63) is 23.8 Å². The Kier molecular flexibility index (Phi) is 5.08. The number of carbonyl (C=O) groups is 2. The number of benzene rings is 1. The van der Waals surface area contributed by atoms with Crippen LogP contribution in [0.5, 0.6) is 11.5 Å². The van der Waals surface area contributed by atoms with Gasteiger partial charge in [0.2, 0.25) is 0 Å². The highest BCUT2D eigenvalue weighted by atomic mass is 16.6. The van der Waals surface area contributed by atoms with Crippen molar-refractivity contribution in [3.8, 4) is 17.6 Å². The molecular weight excluding hydrogens is 324 g/mol. The Morgan fingerprint density at radius 2 is 1.92 bits per heavy atom. The molecule has 132 valence electrons. The summed E-state index contributed by atoms with van der Waals surface area (Å²) in [6.45, 7) is 0.599. The van der Waals surface area contributed by atoms with Crippen LogP contribution in [-0.4, -0.2) is 37.2 Å². The number of amides is 1. The monoisotopic (exact) mass is 344 g/mol. The SMILES string of the molecule is N#CC1(NC(=O)COC(=O)Cc2ccc3c(c2)OCCO3)CCCC1. The van der Waals surface area contributed by atoms with Crippen molar-refractivity contribution < 1.29 is 23.8 Å². The van der Waals surface area contributed by atoms with Crippen molar-refractivity contribution in [1.82, 2.24) is 5.32 Å². The summed E-state index contributed by atoms with van der Waals surface area (Å²) in [5.41, 5.74) is -0.0850. The zero-order valence-corrected chi connectivity index (χ0v) is 13.9. The van der Waals surface area contributed by atoms with E-state index in [1.807, 2.05) is 0 Å². The Hall–Kier alpha value is -2.75. The van der Waals surface area contributed by atoms with Gasteiger partial charge in [-0.05, 0) is 43.4 Å². The van der Waals surface area contributed by atoms with Crippen LogP contribution in [0, 0.1) is 11.3 Å². The molecule has 2 aliphatic rings. The lowest BCUT2D eigenvalue weighted by Gasteiger charge is -2.21. The lowest BCUT2D eigenvalue weighted by Crippen LogP contribution is -2.46. The van der Waals surface area contributed by atoms with E-state index in [-0.39, 0.29) is 13.0 Å². The summed E-state index contributed by atoms with van der Waals surface area (Å²) >= 11 is 0. The predicted molar refractivity (Wildman–Crippen MR) is 87.0 cm³/mol. The maximum Gasteiger partial charge on any atom is 0.310 e. The Balaban J connectivity index is 1.48. The molecule has 0 aromatic heterocycles. The van der Waals surface area contributed by atoms with Crippen LogP contribution in [0.2, 0.25) is 0 Å². The summed E-state index contributed by atoms with van der Waals surface area (Å²) in [6, 6.07) is 7.41. The molecule has 0 atom stereocenters. The summed E-state index contributed by atoms with van der Waals surface area (Å²) in [4.78, 5) is 23.9. The van der Waals surface area contributed by atoms with Gasteiger partial charge in [0, 0.05) is 0 Å². The first-order chi connectivity index (χ1) is 12.1. The highest BCUT2D eigenvalue weighted by molar-refractivity contribution is 5.82. The minimum atomic E-state index is -0.806. The molecule has 3 rings (SSSR count). The van der Waals surface area contributed by atoms with E-state index in [0.717, 1.165) is 18.4 Å². The smallest absolute Gasteiger partial charge is 0.310 e. The van der Waals surface area contributed by atoms with Crippen LogP contribution < -0.4 is 14.8 Å². The Labute approximate surface area is 145 Å². The predicted octanol–water partition coefficient (Wildman–Crippen LogP) is 1.50. The van der Waals surface area contributed by atoms with Gasteiger partial charge in [-0.2, -0.15) is 5.26 Å². The molecule has 25 heavy (non-hydrogen) atoms. The fourth-order valence-electron chi connectivity index (χ4n) is 3.11. The fourth-order valence-corrected chi connectivity index (χ4v) is 3.11. The van der Waals surface area contributed by atoms with Gasteiger partial charge in [-0.15, -0.1) is 0 Å². The molecule has 0 bridgehead atoms. The van der Waals surface area contributed by atoms with Crippen LogP contribution in [0.1, 0.15) is 31.2 Å². The van der Waals surface area contributed by atoms with Crippen LogP contribution in [0.4, 0.5) is 0 Å². The van der Waals surface area contributed by atoms with Crippen LogP contribution >= 0.6 is 0 Å². The number of ether oxygens (including phenoxy) is 3. The van der Waals surface area contributed by atoms with Gasteiger partial charge in [0.15, 0.2) is 18.1 Å². The number of nitriles is 1. The maximum atomic E-state index is 11.9. The van der Waals surface area contributed by atoms with Gasteiger partial charge in [-0.1, -0.05) is 6.07 Å². The number of nitrogens with one attached hydrogen (secondary N) is 1. The average molecular weight is 344 g/mol.